The number of aliphatic hydroxyl groups excluding tert-OH is 3. The predicted molar refractivity (Wildman–Crippen MR) is 80.5 cm³/mol. The highest BCUT2D eigenvalue weighted by Crippen LogP contribution is 2.26. The van der Waals surface area contributed by atoms with E-state index in [1.165, 1.54) is 12.1 Å². The Labute approximate surface area is 141 Å². The van der Waals surface area contributed by atoms with Gasteiger partial charge in [0.05, 0.1) is 17.7 Å². The van der Waals surface area contributed by atoms with Crippen molar-refractivity contribution in [2.45, 2.75) is 31.0 Å². The molecule has 0 amide bonds. The van der Waals surface area contributed by atoms with Crippen molar-refractivity contribution in [1.29, 1.82) is 0 Å². The summed E-state index contributed by atoms with van der Waals surface area (Å²) in [5, 5.41) is 37.6. The molecule has 1 aromatic rings. The summed E-state index contributed by atoms with van der Waals surface area (Å²) in [6, 6.07) is 3.86. The van der Waals surface area contributed by atoms with Crippen molar-refractivity contribution in [2.24, 2.45) is 0 Å². The second kappa shape index (κ2) is 7.91. The van der Waals surface area contributed by atoms with Gasteiger partial charge in [-0.25, -0.2) is 9.18 Å². The van der Waals surface area contributed by atoms with Crippen molar-refractivity contribution in [3.05, 3.63) is 40.4 Å². The summed E-state index contributed by atoms with van der Waals surface area (Å²) < 4.78 is 24.1. The number of rotatable bonds is 5. The third-order valence-corrected chi connectivity index (χ3v) is 3.79. The standard InChI is InChI=1S/C15H16ClFO7/c16-8-2-1-3-9(17)7(8)4-11(15(21)22)23-13-5-10(19)14(20)12(6-18)24-13/h1-4,10,12-14,18-20H,5-6H2,(H,21,22)/b11-4-. The van der Waals surface area contributed by atoms with Gasteiger partial charge in [-0.05, 0) is 18.2 Å². The van der Waals surface area contributed by atoms with Crippen LogP contribution in [0.25, 0.3) is 6.08 Å². The normalized spacial score (nSPS) is 27.8. The highest BCUT2D eigenvalue weighted by molar-refractivity contribution is 6.32. The minimum Gasteiger partial charge on any atom is -0.475 e. The van der Waals surface area contributed by atoms with Crippen LogP contribution >= 0.6 is 11.6 Å². The molecule has 0 radical (unpaired) electrons. The zero-order valence-corrected chi connectivity index (χ0v) is 13.1. The van der Waals surface area contributed by atoms with Crippen molar-refractivity contribution in [3.63, 3.8) is 0 Å². The number of carboxylic acid groups (broad SMARTS) is 1. The Hall–Kier alpha value is -1.71. The molecular weight excluding hydrogens is 347 g/mol. The second-order valence-corrected chi connectivity index (χ2v) is 5.55. The number of ether oxygens (including phenoxy) is 2. The van der Waals surface area contributed by atoms with E-state index in [0.717, 1.165) is 12.1 Å². The molecule has 1 aliphatic rings. The maximum Gasteiger partial charge on any atom is 0.371 e. The fraction of sp³-hybridized carbons (Fsp3) is 0.400. The Bertz CT molecular complexity index is 616. The van der Waals surface area contributed by atoms with Crippen molar-refractivity contribution in [2.75, 3.05) is 6.61 Å². The van der Waals surface area contributed by atoms with Gasteiger partial charge in [0.1, 0.15) is 18.0 Å². The monoisotopic (exact) mass is 362 g/mol. The minimum absolute atomic E-state index is 0.00870. The molecule has 4 unspecified atom stereocenters. The largest absolute Gasteiger partial charge is 0.475 e. The molecular formula is C15H16ClFO7. The molecule has 0 saturated carbocycles. The number of hydrogen-bond donors (Lipinski definition) is 4. The Balaban J connectivity index is 2.23. The topological polar surface area (TPSA) is 116 Å². The first-order chi connectivity index (χ1) is 11.3. The quantitative estimate of drug-likeness (QED) is 0.451. The first kappa shape index (κ1) is 18.6. The number of aliphatic hydroxyl groups is 3. The van der Waals surface area contributed by atoms with E-state index in [-0.39, 0.29) is 17.0 Å². The van der Waals surface area contributed by atoms with Crippen LogP contribution in [0.4, 0.5) is 4.39 Å². The summed E-state index contributed by atoms with van der Waals surface area (Å²) in [5.74, 6) is -2.90. The van der Waals surface area contributed by atoms with Crippen LogP contribution in [-0.2, 0) is 14.3 Å². The predicted octanol–water partition coefficient (Wildman–Crippen LogP) is 0.750. The lowest BCUT2D eigenvalue weighted by Crippen LogP contribution is -2.50. The molecule has 0 aliphatic carbocycles. The van der Waals surface area contributed by atoms with Gasteiger partial charge in [-0.15, -0.1) is 0 Å². The van der Waals surface area contributed by atoms with Gasteiger partial charge in [-0.2, -0.15) is 0 Å². The highest BCUT2D eigenvalue weighted by Gasteiger charge is 2.38. The number of carbonyl (C=O) groups is 1. The molecule has 0 spiro atoms. The number of hydrogen-bond acceptors (Lipinski definition) is 6. The Kier molecular flexibility index (Phi) is 6.14. The molecule has 1 aromatic carbocycles. The fourth-order valence-corrected chi connectivity index (χ4v) is 2.43. The summed E-state index contributed by atoms with van der Waals surface area (Å²) in [7, 11) is 0. The van der Waals surface area contributed by atoms with Crippen LogP contribution in [0.2, 0.25) is 5.02 Å². The molecule has 0 bridgehead atoms. The van der Waals surface area contributed by atoms with E-state index in [1.54, 1.807) is 0 Å². The number of halogens is 2. The number of aliphatic carboxylic acids is 1. The zero-order chi connectivity index (χ0) is 17.9. The van der Waals surface area contributed by atoms with Crippen LogP contribution in [0.1, 0.15) is 12.0 Å². The summed E-state index contributed by atoms with van der Waals surface area (Å²) in [4.78, 5) is 11.3. The Morgan fingerprint density at radius 3 is 2.75 bits per heavy atom. The molecule has 7 nitrogen and oxygen atoms in total. The second-order valence-electron chi connectivity index (χ2n) is 5.15. The van der Waals surface area contributed by atoms with Crippen LogP contribution in [0.5, 0.6) is 0 Å². The van der Waals surface area contributed by atoms with Crippen LogP contribution in [0.3, 0.4) is 0 Å². The molecule has 4 N–H and O–H groups in total. The average Bonchev–Trinajstić information content (AvgIpc) is 2.52. The molecule has 2 rings (SSSR count). The molecule has 9 heteroatoms. The Morgan fingerprint density at radius 2 is 2.17 bits per heavy atom. The van der Waals surface area contributed by atoms with E-state index in [0.29, 0.717) is 0 Å². The van der Waals surface area contributed by atoms with Gasteiger partial charge in [-0.1, -0.05) is 17.7 Å². The smallest absolute Gasteiger partial charge is 0.371 e. The van der Waals surface area contributed by atoms with Gasteiger partial charge in [-0.3, -0.25) is 0 Å². The van der Waals surface area contributed by atoms with Gasteiger partial charge in [0.25, 0.3) is 0 Å². The van der Waals surface area contributed by atoms with Crippen molar-refractivity contribution >= 4 is 23.6 Å². The fourth-order valence-electron chi connectivity index (χ4n) is 2.21. The lowest BCUT2D eigenvalue weighted by Gasteiger charge is -2.36. The highest BCUT2D eigenvalue weighted by atomic mass is 35.5. The van der Waals surface area contributed by atoms with E-state index in [1.807, 2.05) is 0 Å². The third-order valence-electron chi connectivity index (χ3n) is 3.46. The van der Waals surface area contributed by atoms with E-state index in [4.69, 9.17) is 26.2 Å². The van der Waals surface area contributed by atoms with Gasteiger partial charge in [0.15, 0.2) is 0 Å². The molecule has 0 aromatic heterocycles. The zero-order valence-electron chi connectivity index (χ0n) is 12.3. The third kappa shape index (κ3) is 4.22. The van der Waals surface area contributed by atoms with Crippen molar-refractivity contribution < 1.29 is 39.1 Å². The lowest BCUT2D eigenvalue weighted by atomic mass is 10.0. The van der Waals surface area contributed by atoms with Crippen molar-refractivity contribution in [1.82, 2.24) is 0 Å². The first-order valence-corrected chi connectivity index (χ1v) is 7.39. The SMILES string of the molecule is O=C(O)/C(=C/c1c(F)cccc1Cl)OC1CC(O)C(O)C(CO)O1. The van der Waals surface area contributed by atoms with Crippen LogP contribution in [-0.4, -0.2) is 57.6 Å². The van der Waals surface area contributed by atoms with E-state index in [2.05, 4.69) is 0 Å². The van der Waals surface area contributed by atoms with E-state index in [9.17, 15) is 24.5 Å². The minimum atomic E-state index is -1.50. The van der Waals surface area contributed by atoms with Gasteiger partial charge >= 0.3 is 5.97 Å². The van der Waals surface area contributed by atoms with Crippen LogP contribution in [0.15, 0.2) is 24.0 Å². The average molecular weight is 363 g/mol. The summed E-state index contributed by atoms with van der Waals surface area (Å²) in [5.41, 5.74) is -0.174. The molecule has 1 saturated heterocycles. The van der Waals surface area contributed by atoms with Crippen molar-refractivity contribution in [3.8, 4) is 0 Å². The maximum atomic E-state index is 13.8. The maximum absolute atomic E-state index is 13.8. The number of carboxylic acids is 1. The first-order valence-electron chi connectivity index (χ1n) is 7.01. The van der Waals surface area contributed by atoms with E-state index >= 15 is 0 Å². The molecule has 132 valence electrons. The Morgan fingerprint density at radius 1 is 1.46 bits per heavy atom. The molecule has 4 atom stereocenters. The van der Waals surface area contributed by atoms with Crippen LogP contribution < -0.4 is 0 Å². The van der Waals surface area contributed by atoms with E-state index < -0.39 is 48.8 Å². The van der Waals surface area contributed by atoms with Crippen LogP contribution in [0, 0.1) is 5.82 Å². The van der Waals surface area contributed by atoms with Gasteiger partial charge in [0, 0.05) is 12.0 Å². The number of benzene rings is 1. The van der Waals surface area contributed by atoms with Gasteiger partial charge in [0.2, 0.25) is 12.0 Å². The lowest BCUT2D eigenvalue weighted by molar-refractivity contribution is -0.246. The molecule has 1 heterocycles. The molecule has 24 heavy (non-hydrogen) atoms. The summed E-state index contributed by atoms with van der Waals surface area (Å²) in [6.07, 6.45) is -4.30. The molecule has 1 aliphatic heterocycles. The summed E-state index contributed by atoms with van der Waals surface area (Å²) in [6.45, 7) is -0.594. The van der Waals surface area contributed by atoms with Gasteiger partial charge < -0.3 is 29.9 Å². The summed E-state index contributed by atoms with van der Waals surface area (Å²) >= 11 is 5.84. The molecule has 1 fully saturated rings.